The van der Waals surface area contributed by atoms with Crippen LogP contribution in [0.3, 0.4) is 0 Å². The summed E-state index contributed by atoms with van der Waals surface area (Å²) in [7, 11) is 0. The van der Waals surface area contributed by atoms with Gasteiger partial charge in [0.15, 0.2) is 0 Å². The van der Waals surface area contributed by atoms with E-state index in [1.807, 2.05) is 96.7 Å². The monoisotopic (exact) mass is 525 g/mol. The third-order valence-electron chi connectivity index (χ3n) is 6.02. The quantitative estimate of drug-likeness (QED) is 0.182. The molecule has 0 radical (unpaired) electrons. The average Bonchev–Trinajstić information content (AvgIpc) is 3.45. The molecule has 0 N–H and O–H groups in total. The molecule has 37 heavy (non-hydrogen) atoms. The molecule has 1 aromatic heterocycles. The molecule has 0 atom stereocenters. The van der Waals surface area contributed by atoms with Crippen LogP contribution in [0.4, 0.5) is 0 Å². The largest absolute Gasteiger partial charge is 0.493 e. The highest BCUT2D eigenvalue weighted by atomic mass is 32.2. The van der Waals surface area contributed by atoms with Crippen molar-refractivity contribution >= 4 is 40.3 Å². The number of benzene rings is 3. The number of rotatable bonds is 8. The number of aromatic nitrogens is 2. The van der Waals surface area contributed by atoms with Gasteiger partial charge in [-0.2, -0.15) is 5.10 Å². The number of hydrogen-bond donors (Lipinski definition) is 0. The Morgan fingerprint density at radius 3 is 2.46 bits per heavy atom. The van der Waals surface area contributed by atoms with E-state index in [4.69, 9.17) is 22.1 Å². The summed E-state index contributed by atoms with van der Waals surface area (Å²) in [6.45, 7) is 5.27. The van der Waals surface area contributed by atoms with Gasteiger partial charge in [-0.1, -0.05) is 79.4 Å². The summed E-state index contributed by atoms with van der Waals surface area (Å²) < 4.78 is 8.28. The number of thioether (sulfide) groups is 1. The molecule has 7 heteroatoms. The molecule has 3 aromatic carbocycles. The molecule has 0 spiro atoms. The molecule has 5 rings (SSSR count). The molecule has 5 nitrogen and oxygen atoms in total. The fraction of sp³-hybridized carbons (Fsp3) is 0.167. The van der Waals surface area contributed by atoms with Crippen molar-refractivity contribution in [3.63, 3.8) is 0 Å². The average molecular weight is 526 g/mol. The van der Waals surface area contributed by atoms with Gasteiger partial charge < -0.3 is 4.74 Å². The number of aryl methyl sites for hydroxylation is 1. The molecule has 4 aromatic rings. The number of nitrogens with zero attached hydrogens (tertiary/aromatic N) is 3. The SMILES string of the molecule is CCCOc1ccc(-c2nn(-c3ccccc3)cc2C=C2SC(=S)N(Cc3ccccc3)C2=O)cc1C. The first-order valence-electron chi connectivity index (χ1n) is 12.2. The minimum absolute atomic E-state index is 0.0863. The Morgan fingerprint density at radius 2 is 1.76 bits per heavy atom. The van der Waals surface area contributed by atoms with E-state index in [-0.39, 0.29) is 5.91 Å². The first kappa shape index (κ1) is 25.0. The van der Waals surface area contributed by atoms with Crippen LogP contribution in [0.25, 0.3) is 23.0 Å². The van der Waals surface area contributed by atoms with E-state index in [1.165, 1.54) is 11.8 Å². The van der Waals surface area contributed by atoms with Gasteiger partial charge in [-0.05, 0) is 60.9 Å². The third-order valence-corrected chi connectivity index (χ3v) is 7.39. The lowest BCUT2D eigenvalue weighted by Gasteiger charge is -2.14. The summed E-state index contributed by atoms with van der Waals surface area (Å²) in [5, 5.41) is 4.92. The highest BCUT2D eigenvalue weighted by Crippen LogP contribution is 2.36. The number of ether oxygens (including phenoxy) is 1. The standard InChI is InChI=1S/C30H27N3O2S2/c1-3-16-35-26-15-14-23(17-21(26)2)28-24(20-33(31-28)25-12-8-5-9-13-25)18-27-29(34)32(30(36)37-27)19-22-10-6-4-7-11-22/h4-15,17-18,20H,3,16,19H2,1-2H3. The Kier molecular flexibility index (Phi) is 7.53. The zero-order valence-electron chi connectivity index (χ0n) is 20.8. The number of amides is 1. The molecule has 1 saturated heterocycles. The van der Waals surface area contributed by atoms with Gasteiger partial charge in [-0.15, -0.1) is 0 Å². The molecule has 186 valence electrons. The molecular formula is C30H27N3O2S2. The van der Waals surface area contributed by atoms with Crippen LogP contribution in [0.15, 0.2) is 90.0 Å². The molecule has 0 bridgehead atoms. The summed E-state index contributed by atoms with van der Waals surface area (Å²) in [6.07, 6.45) is 4.82. The lowest BCUT2D eigenvalue weighted by Crippen LogP contribution is -2.27. The summed E-state index contributed by atoms with van der Waals surface area (Å²) in [5.41, 5.74) is 5.63. The minimum atomic E-state index is -0.0863. The van der Waals surface area contributed by atoms with Crippen LogP contribution in [-0.2, 0) is 11.3 Å². The number of thiocarbonyl (C=S) groups is 1. The highest BCUT2D eigenvalue weighted by Gasteiger charge is 2.32. The van der Waals surface area contributed by atoms with Crippen molar-refractivity contribution in [2.45, 2.75) is 26.8 Å². The number of hydrogen-bond acceptors (Lipinski definition) is 5. The van der Waals surface area contributed by atoms with Crippen molar-refractivity contribution in [1.29, 1.82) is 0 Å². The van der Waals surface area contributed by atoms with Gasteiger partial charge in [0.1, 0.15) is 15.8 Å². The van der Waals surface area contributed by atoms with Crippen molar-refractivity contribution in [3.05, 3.63) is 107 Å². The van der Waals surface area contributed by atoms with E-state index >= 15 is 0 Å². The van der Waals surface area contributed by atoms with E-state index < -0.39 is 0 Å². The number of carbonyl (C=O) groups excluding carboxylic acids is 1. The predicted molar refractivity (Wildman–Crippen MR) is 155 cm³/mol. The van der Waals surface area contributed by atoms with Gasteiger partial charge >= 0.3 is 0 Å². The molecule has 0 unspecified atom stereocenters. The third kappa shape index (κ3) is 5.53. The van der Waals surface area contributed by atoms with Crippen molar-refractivity contribution < 1.29 is 9.53 Å². The fourth-order valence-electron chi connectivity index (χ4n) is 4.14. The van der Waals surface area contributed by atoms with Gasteiger partial charge in [0.05, 0.1) is 23.7 Å². The van der Waals surface area contributed by atoms with Crippen LogP contribution >= 0.6 is 24.0 Å². The highest BCUT2D eigenvalue weighted by molar-refractivity contribution is 8.26. The molecule has 1 aliphatic heterocycles. The first-order chi connectivity index (χ1) is 18.0. The van der Waals surface area contributed by atoms with Crippen LogP contribution in [0.5, 0.6) is 5.75 Å². The Hall–Kier alpha value is -3.68. The molecule has 0 aliphatic carbocycles. The van der Waals surface area contributed by atoms with Crippen molar-refractivity contribution in [1.82, 2.24) is 14.7 Å². The normalized spacial score (nSPS) is 14.5. The maximum atomic E-state index is 13.4. The van der Waals surface area contributed by atoms with E-state index in [9.17, 15) is 4.79 Å². The maximum absolute atomic E-state index is 13.4. The second-order valence-electron chi connectivity index (χ2n) is 8.80. The molecular weight excluding hydrogens is 498 g/mol. The van der Waals surface area contributed by atoms with E-state index in [2.05, 4.69) is 13.0 Å². The van der Waals surface area contributed by atoms with Crippen LogP contribution in [0, 0.1) is 6.92 Å². The van der Waals surface area contributed by atoms with E-state index in [0.717, 1.165) is 45.8 Å². The summed E-state index contributed by atoms with van der Waals surface area (Å²) >= 11 is 6.91. The predicted octanol–water partition coefficient (Wildman–Crippen LogP) is 7.04. The van der Waals surface area contributed by atoms with Crippen LogP contribution in [0.2, 0.25) is 0 Å². The van der Waals surface area contributed by atoms with Gasteiger partial charge in [-0.25, -0.2) is 4.68 Å². The Bertz CT molecular complexity index is 1460. The topological polar surface area (TPSA) is 47.4 Å². The smallest absolute Gasteiger partial charge is 0.266 e. The molecule has 1 aliphatic rings. The number of carbonyl (C=O) groups is 1. The molecule has 0 saturated carbocycles. The van der Waals surface area contributed by atoms with Crippen molar-refractivity contribution in [2.75, 3.05) is 6.61 Å². The zero-order chi connectivity index (χ0) is 25.8. The number of para-hydroxylation sites is 1. The van der Waals surface area contributed by atoms with E-state index in [0.29, 0.717) is 22.4 Å². The lowest BCUT2D eigenvalue weighted by atomic mass is 10.0. The zero-order valence-corrected chi connectivity index (χ0v) is 22.4. The summed E-state index contributed by atoms with van der Waals surface area (Å²) in [4.78, 5) is 15.6. The minimum Gasteiger partial charge on any atom is -0.493 e. The summed E-state index contributed by atoms with van der Waals surface area (Å²) in [6, 6.07) is 25.9. The molecule has 1 fully saturated rings. The van der Waals surface area contributed by atoms with E-state index in [1.54, 1.807) is 4.90 Å². The molecule has 2 heterocycles. The van der Waals surface area contributed by atoms with Crippen LogP contribution in [0.1, 0.15) is 30.0 Å². The Labute approximate surface area is 226 Å². The second-order valence-corrected chi connectivity index (χ2v) is 10.5. The van der Waals surface area contributed by atoms with Crippen molar-refractivity contribution in [3.8, 4) is 22.7 Å². The van der Waals surface area contributed by atoms with Crippen LogP contribution < -0.4 is 4.74 Å². The van der Waals surface area contributed by atoms with Crippen LogP contribution in [-0.4, -0.2) is 31.5 Å². The second kappa shape index (κ2) is 11.2. The fourth-order valence-corrected chi connectivity index (χ4v) is 5.39. The summed E-state index contributed by atoms with van der Waals surface area (Å²) in [5.74, 6) is 0.785. The molecule has 1 amide bonds. The van der Waals surface area contributed by atoms with Gasteiger partial charge in [-0.3, -0.25) is 9.69 Å². The Balaban J connectivity index is 1.52. The van der Waals surface area contributed by atoms with Crippen molar-refractivity contribution in [2.24, 2.45) is 0 Å². The van der Waals surface area contributed by atoms with Gasteiger partial charge in [0.25, 0.3) is 5.91 Å². The maximum Gasteiger partial charge on any atom is 0.266 e. The van der Waals surface area contributed by atoms with Gasteiger partial charge in [0.2, 0.25) is 0 Å². The first-order valence-corrected chi connectivity index (χ1v) is 13.4. The Morgan fingerprint density at radius 1 is 1.03 bits per heavy atom. The van der Waals surface area contributed by atoms with Gasteiger partial charge in [0, 0.05) is 17.3 Å². The lowest BCUT2D eigenvalue weighted by molar-refractivity contribution is -0.122.